The first kappa shape index (κ1) is 14.8. The summed E-state index contributed by atoms with van der Waals surface area (Å²) in [6.07, 6.45) is 3.34. The Morgan fingerprint density at radius 2 is 2.00 bits per heavy atom. The number of rotatable bonds is 5. The molecule has 0 amide bonds. The molecule has 6 heteroatoms. The minimum atomic E-state index is -3.63. The van der Waals surface area contributed by atoms with E-state index in [-0.39, 0.29) is 6.04 Å². The van der Waals surface area contributed by atoms with Crippen molar-refractivity contribution >= 4 is 15.8 Å². The lowest BCUT2D eigenvalue weighted by Crippen LogP contribution is -2.34. The number of nitrogens with zero attached hydrogens (tertiary/aromatic N) is 2. The van der Waals surface area contributed by atoms with Crippen LogP contribution < -0.4 is 9.04 Å². The van der Waals surface area contributed by atoms with Crippen LogP contribution in [0.2, 0.25) is 0 Å². The minimum absolute atomic E-state index is 0.00130. The Balaban J connectivity index is 2.07. The Bertz CT molecular complexity index is 771. The lowest BCUT2D eigenvalue weighted by atomic mass is 10.2. The average molecular weight is 318 g/mol. The summed E-state index contributed by atoms with van der Waals surface area (Å²) in [6.45, 7) is 1.78. The predicted octanol–water partition coefficient (Wildman–Crippen LogP) is 2.76. The highest BCUT2D eigenvalue weighted by molar-refractivity contribution is 7.93. The van der Waals surface area contributed by atoms with Gasteiger partial charge in [0, 0.05) is 12.2 Å². The van der Waals surface area contributed by atoms with Gasteiger partial charge in [0.15, 0.2) is 0 Å². The molecular weight excluding hydrogens is 300 g/mol. The van der Waals surface area contributed by atoms with Crippen LogP contribution in [-0.2, 0) is 10.0 Å². The molecule has 0 atom stereocenters. The van der Waals surface area contributed by atoms with E-state index in [9.17, 15) is 8.42 Å². The first-order valence-corrected chi connectivity index (χ1v) is 8.58. The largest absolute Gasteiger partial charge is 0.497 e. The zero-order valence-electron chi connectivity index (χ0n) is 12.6. The summed E-state index contributed by atoms with van der Waals surface area (Å²) in [6, 6.07) is 10.3. The molecule has 1 saturated carbocycles. The summed E-state index contributed by atoms with van der Waals surface area (Å²) < 4.78 is 32.8. The highest BCUT2D eigenvalue weighted by Crippen LogP contribution is 2.36. The summed E-state index contributed by atoms with van der Waals surface area (Å²) in [5.74, 6) is 1.12. The van der Waals surface area contributed by atoms with Crippen molar-refractivity contribution in [3.05, 3.63) is 48.2 Å². The van der Waals surface area contributed by atoms with Crippen molar-refractivity contribution in [2.75, 3.05) is 11.4 Å². The third-order valence-electron chi connectivity index (χ3n) is 3.67. The second-order valence-corrected chi connectivity index (χ2v) is 7.13. The van der Waals surface area contributed by atoms with E-state index in [1.807, 2.05) is 0 Å². The number of hydrogen-bond donors (Lipinski definition) is 0. The van der Waals surface area contributed by atoms with E-state index in [1.165, 1.54) is 4.31 Å². The maximum Gasteiger partial charge on any atom is 0.266 e. The third-order valence-corrected chi connectivity index (χ3v) is 5.69. The van der Waals surface area contributed by atoms with E-state index in [4.69, 9.17) is 4.74 Å². The van der Waals surface area contributed by atoms with E-state index < -0.39 is 10.0 Å². The van der Waals surface area contributed by atoms with Crippen LogP contribution in [0, 0.1) is 6.92 Å². The second-order valence-electron chi connectivity index (χ2n) is 5.35. The van der Waals surface area contributed by atoms with Crippen molar-refractivity contribution in [3.63, 3.8) is 0 Å². The first-order chi connectivity index (χ1) is 10.5. The quantitative estimate of drug-likeness (QED) is 0.850. The van der Waals surface area contributed by atoms with Gasteiger partial charge in [-0.2, -0.15) is 0 Å². The van der Waals surface area contributed by atoms with E-state index in [1.54, 1.807) is 56.6 Å². The van der Waals surface area contributed by atoms with Gasteiger partial charge in [-0.15, -0.1) is 0 Å². The molecule has 1 heterocycles. The lowest BCUT2D eigenvalue weighted by molar-refractivity contribution is 0.414. The fourth-order valence-electron chi connectivity index (χ4n) is 2.44. The van der Waals surface area contributed by atoms with Gasteiger partial charge in [-0.25, -0.2) is 17.7 Å². The molecule has 0 spiro atoms. The zero-order valence-corrected chi connectivity index (χ0v) is 13.4. The maximum absolute atomic E-state index is 13.1. The van der Waals surface area contributed by atoms with Crippen LogP contribution in [0.25, 0.3) is 0 Å². The van der Waals surface area contributed by atoms with Crippen molar-refractivity contribution in [1.82, 2.24) is 4.98 Å². The van der Waals surface area contributed by atoms with Gasteiger partial charge in [0.25, 0.3) is 10.0 Å². The molecule has 0 unspecified atom stereocenters. The average Bonchev–Trinajstić information content (AvgIpc) is 3.32. The number of pyridine rings is 1. The molecule has 1 aliphatic rings. The molecule has 2 aromatic rings. The standard InChI is InChI=1S/C16H18N2O3S/c1-12-11-14(21-2)8-9-15(12)22(19,20)18(13-6-7-13)16-5-3-4-10-17-16/h3-5,8-11,13H,6-7H2,1-2H3. The summed E-state index contributed by atoms with van der Waals surface area (Å²) >= 11 is 0. The van der Waals surface area contributed by atoms with Crippen molar-refractivity contribution in [2.45, 2.75) is 30.7 Å². The molecule has 1 aliphatic carbocycles. The van der Waals surface area contributed by atoms with Gasteiger partial charge >= 0.3 is 0 Å². The van der Waals surface area contributed by atoms with Crippen molar-refractivity contribution in [2.24, 2.45) is 0 Å². The molecule has 116 valence electrons. The van der Waals surface area contributed by atoms with Gasteiger partial charge in [-0.3, -0.25) is 0 Å². The molecule has 0 bridgehead atoms. The van der Waals surface area contributed by atoms with Gasteiger partial charge in [0.05, 0.1) is 12.0 Å². The predicted molar refractivity (Wildman–Crippen MR) is 84.7 cm³/mol. The minimum Gasteiger partial charge on any atom is -0.497 e. The van der Waals surface area contributed by atoms with Crippen LogP contribution in [0.5, 0.6) is 5.75 Å². The van der Waals surface area contributed by atoms with E-state index in [0.29, 0.717) is 22.0 Å². The Morgan fingerprint density at radius 1 is 1.23 bits per heavy atom. The smallest absolute Gasteiger partial charge is 0.266 e. The number of sulfonamides is 1. The van der Waals surface area contributed by atoms with E-state index in [0.717, 1.165) is 12.8 Å². The van der Waals surface area contributed by atoms with Crippen LogP contribution >= 0.6 is 0 Å². The monoisotopic (exact) mass is 318 g/mol. The van der Waals surface area contributed by atoms with Crippen LogP contribution in [0.3, 0.4) is 0 Å². The number of methoxy groups -OCH3 is 1. The number of benzene rings is 1. The van der Waals surface area contributed by atoms with Crippen molar-refractivity contribution < 1.29 is 13.2 Å². The van der Waals surface area contributed by atoms with Crippen molar-refractivity contribution in [3.8, 4) is 5.75 Å². The zero-order chi connectivity index (χ0) is 15.7. The van der Waals surface area contributed by atoms with Gasteiger partial charge < -0.3 is 4.74 Å². The summed E-state index contributed by atoms with van der Waals surface area (Å²) in [4.78, 5) is 4.51. The highest BCUT2D eigenvalue weighted by atomic mass is 32.2. The third kappa shape index (κ3) is 2.66. The highest BCUT2D eigenvalue weighted by Gasteiger charge is 2.39. The molecule has 1 aromatic carbocycles. The topological polar surface area (TPSA) is 59.5 Å². The van der Waals surface area contributed by atoms with E-state index >= 15 is 0 Å². The number of hydrogen-bond acceptors (Lipinski definition) is 4. The molecule has 0 radical (unpaired) electrons. The maximum atomic E-state index is 13.1. The van der Waals surface area contributed by atoms with Gasteiger partial charge in [-0.05, 0) is 55.7 Å². The van der Waals surface area contributed by atoms with Gasteiger partial charge in [-0.1, -0.05) is 6.07 Å². The first-order valence-electron chi connectivity index (χ1n) is 7.14. The SMILES string of the molecule is COc1ccc(S(=O)(=O)N(c2ccccn2)C2CC2)c(C)c1. The van der Waals surface area contributed by atoms with Crippen molar-refractivity contribution in [1.29, 1.82) is 0 Å². The molecule has 5 nitrogen and oxygen atoms in total. The summed E-state index contributed by atoms with van der Waals surface area (Å²) in [7, 11) is -2.07. The molecule has 22 heavy (non-hydrogen) atoms. The second kappa shape index (κ2) is 5.61. The molecule has 0 saturated heterocycles. The fourth-order valence-corrected chi connectivity index (χ4v) is 4.32. The fraction of sp³-hybridized carbons (Fsp3) is 0.312. The summed E-state index contributed by atoms with van der Waals surface area (Å²) in [5.41, 5.74) is 0.668. The Hall–Kier alpha value is -2.08. The molecule has 0 N–H and O–H groups in total. The summed E-state index contributed by atoms with van der Waals surface area (Å²) in [5, 5.41) is 0. The normalized spacial score (nSPS) is 14.6. The molecule has 0 aliphatic heterocycles. The molecule has 1 fully saturated rings. The van der Waals surface area contributed by atoms with E-state index in [2.05, 4.69) is 4.98 Å². The number of anilines is 1. The molecule has 3 rings (SSSR count). The lowest BCUT2D eigenvalue weighted by Gasteiger charge is -2.24. The van der Waals surface area contributed by atoms with Crippen LogP contribution in [0.1, 0.15) is 18.4 Å². The van der Waals surface area contributed by atoms with Crippen LogP contribution in [0.15, 0.2) is 47.5 Å². The number of aryl methyl sites for hydroxylation is 1. The molecular formula is C16H18N2O3S. The Labute approximate surface area is 130 Å². The Morgan fingerprint density at radius 3 is 2.55 bits per heavy atom. The van der Waals surface area contributed by atoms with Gasteiger partial charge in [0.1, 0.15) is 11.6 Å². The number of ether oxygens (including phenoxy) is 1. The van der Waals surface area contributed by atoms with Crippen LogP contribution in [0.4, 0.5) is 5.82 Å². The van der Waals surface area contributed by atoms with Gasteiger partial charge in [0.2, 0.25) is 0 Å². The Kier molecular flexibility index (Phi) is 3.78. The molecule has 1 aromatic heterocycles. The van der Waals surface area contributed by atoms with Crippen LogP contribution in [-0.4, -0.2) is 26.6 Å². The number of aromatic nitrogens is 1.